The normalized spacial score (nSPS) is 15.2. The van der Waals surface area contributed by atoms with Gasteiger partial charge >= 0.3 is 0 Å². The summed E-state index contributed by atoms with van der Waals surface area (Å²) < 4.78 is 2.51. The number of para-hydroxylation sites is 1. The Labute approximate surface area is 163 Å². The van der Waals surface area contributed by atoms with E-state index in [0.29, 0.717) is 12.0 Å². The largest absolute Gasteiger partial charge is 0.324 e. The summed E-state index contributed by atoms with van der Waals surface area (Å²) in [6, 6.07) is 20.1. The van der Waals surface area contributed by atoms with Crippen LogP contribution in [0.5, 0.6) is 0 Å². The molecule has 2 heteroatoms. The van der Waals surface area contributed by atoms with E-state index in [9.17, 15) is 0 Å². The van der Waals surface area contributed by atoms with E-state index in [-0.39, 0.29) is 5.54 Å². The lowest BCUT2D eigenvalue weighted by Gasteiger charge is -2.44. The van der Waals surface area contributed by atoms with Crippen molar-refractivity contribution < 1.29 is 0 Å². The summed E-state index contributed by atoms with van der Waals surface area (Å²) in [6.45, 7) is 13.9. The lowest BCUT2D eigenvalue weighted by atomic mass is 9.88. The van der Waals surface area contributed by atoms with Gasteiger partial charge in [0.2, 0.25) is 0 Å². The molecule has 0 unspecified atom stereocenters. The first-order chi connectivity index (χ1) is 12.8. The molecule has 4 rings (SSSR count). The summed E-state index contributed by atoms with van der Waals surface area (Å²) in [7, 11) is 0. The third-order valence-electron chi connectivity index (χ3n) is 5.86. The zero-order valence-electron chi connectivity index (χ0n) is 17.3. The van der Waals surface area contributed by atoms with Crippen molar-refractivity contribution in [3.63, 3.8) is 0 Å². The molecule has 2 aromatic carbocycles. The molecule has 0 N–H and O–H groups in total. The maximum atomic E-state index is 2.52. The second-order valence-corrected chi connectivity index (χ2v) is 8.71. The first kappa shape index (κ1) is 17.9. The number of anilines is 2. The quantitative estimate of drug-likeness (QED) is 0.493. The number of benzene rings is 2. The molecular weight excluding hydrogens is 328 g/mol. The van der Waals surface area contributed by atoms with Gasteiger partial charge in [-0.1, -0.05) is 62.4 Å². The molecule has 0 saturated heterocycles. The fraction of sp³-hybridized carbons (Fsp3) is 0.360. The van der Waals surface area contributed by atoms with Gasteiger partial charge in [0.1, 0.15) is 5.82 Å². The Kier molecular flexibility index (Phi) is 4.18. The Bertz CT molecular complexity index is 961. The zero-order chi connectivity index (χ0) is 19.3. The van der Waals surface area contributed by atoms with Crippen molar-refractivity contribution >= 4 is 11.5 Å². The summed E-state index contributed by atoms with van der Waals surface area (Å²) in [5, 5.41) is 0. The van der Waals surface area contributed by atoms with Crippen molar-refractivity contribution in [3.05, 3.63) is 71.9 Å². The van der Waals surface area contributed by atoms with Gasteiger partial charge in [-0.05, 0) is 50.8 Å². The monoisotopic (exact) mass is 358 g/mol. The average molecular weight is 359 g/mol. The number of nitrogens with zero attached hydrogens (tertiary/aromatic N) is 2. The van der Waals surface area contributed by atoms with Gasteiger partial charge in [0.15, 0.2) is 0 Å². The van der Waals surface area contributed by atoms with Crippen LogP contribution in [0, 0.1) is 0 Å². The predicted molar refractivity (Wildman–Crippen MR) is 116 cm³/mol. The number of hydrogen-bond acceptors (Lipinski definition) is 1. The van der Waals surface area contributed by atoms with Gasteiger partial charge in [0.25, 0.3) is 0 Å². The molecule has 0 fully saturated rings. The number of aromatic nitrogens is 1. The third-order valence-corrected chi connectivity index (χ3v) is 5.86. The van der Waals surface area contributed by atoms with Gasteiger partial charge in [-0.15, -0.1) is 0 Å². The molecule has 1 aromatic heterocycles. The fourth-order valence-corrected chi connectivity index (χ4v) is 4.48. The summed E-state index contributed by atoms with van der Waals surface area (Å²) in [5.74, 6) is 1.79. The van der Waals surface area contributed by atoms with E-state index in [1.165, 1.54) is 33.8 Å². The minimum Gasteiger partial charge on any atom is -0.324 e. The van der Waals surface area contributed by atoms with E-state index in [1.807, 2.05) is 0 Å². The van der Waals surface area contributed by atoms with Gasteiger partial charge in [0, 0.05) is 29.1 Å². The second-order valence-electron chi connectivity index (χ2n) is 8.71. The van der Waals surface area contributed by atoms with Crippen LogP contribution in [-0.2, 0) is 5.54 Å². The van der Waals surface area contributed by atoms with E-state index in [1.54, 1.807) is 0 Å². The SMILES string of the molecule is CC(C)c1cn2c(c1-c1ccccc1)N(C(C)C)c1ccccc1C2(C)C. The van der Waals surface area contributed by atoms with Gasteiger partial charge < -0.3 is 9.47 Å². The van der Waals surface area contributed by atoms with E-state index in [0.717, 1.165) is 0 Å². The Balaban J connectivity index is 2.11. The molecule has 2 nitrogen and oxygen atoms in total. The summed E-state index contributed by atoms with van der Waals surface area (Å²) in [6.07, 6.45) is 2.40. The lowest BCUT2D eigenvalue weighted by Crippen LogP contribution is -2.40. The predicted octanol–water partition coefficient (Wildman–Crippen LogP) is 6.92. The van der Waals surface area contributed by atoms with Crippen LogP contribution in [0.25, 0.3) is 11.1 Å². The molecule has 0 amide bonds. The molecular formula is C25H30N2. The first-order valence-electron chi connectivity index (χ1n) is 10.0. The van der Waals surface area contributed by atoms with Crippen LogP contribution < -0.4 is 4.90 Å². The maximum Gasteiger partial charge on any atom is 0.122 e. The molecule has 0 spiro atoms. The molecule has 1 aliphatic rings. The average Bonchev–Trinajstić information content (AvgIpc) is 3.04. The first-order valence-corrected chi connectivity index (χ1v) is 10.0. The summed E-state index contributed by atoms with van der Waals surface area (Å²) in [4.78, 5) is 2.52. The van der Waals surface area contributed by atoms with Crippen LogP contribution in [0.1, 0.15) is 58.6 Å². The molecule has 27 heavy (non-hydrogen) atoms. The molecule has 0 bridgehead atoms. The van der Waals surface area contributed by atoms with E-state index in [4.69, 9.17) is 0 Å². The summed E-state index contributed by atoms with van der Waals surface area (Å²) >= 11 is 0. The van der Waals surface area contributed by atoms with Crippen molar-refractivity contribution in [2.45, 2.75) is 59.0 Å². The second kappa shape index (κ2) is 6.30. The topological polar surface area (TPSA) is 8.17 Å². The van der Waals surface area contributed by atoms with Gasteiger partial charge in [-0.3, -0.25) is 0 Å². The van der Waals surface area contributed by atoms with Crippen molar-refractivity contribution in [1.29, 1.82) is 0 Å². The molecule has 0 radical (unpaired) electrons. The maximum absolute atomic E-state index is 2.52. The number of fused-ring (bicyclic) bond motifs is 2. The Morgan fingerprint density at radius 1 is 0.815 bits per heavy atom. The lowest BCUT2D eigenvalue weighted by molar-refractivity contribution is 0.423. The van der Waals surface area contributed by atoms with Crippen LogP contribution in [0.3, 0.4) is 0 Å². The van der Waals surface area contributed by atoms with Gasteiger partial charge in [-0.25, -0.2) is 0 Å². The molecule has 2 heterocycles. The van der Waals surface area contributed by atoms with Crippen LogP contribution in [0.15, 0.2) is 60.8 Å². The number of rotatable bonds is 3. The highest BCUT2D eigenvalue weighted by Gasteiger charge is 2.39. The van der Waals surface area contributed by atoms with E-state index < -0.39 is 0 Å². The molecule has 3 aromatic rings. The van der Waals surface area contributed by atoms with Crippen molar-refractivity contribution in [2.24, 2.45) is 0 Å². The molecule has 0 saturated carbocycles. The highest BCUT2D eigenvalue weighted by Crippen LogP contribution is 2.51. The Hall–Kier alpha value is -2.48. The van der Waals surface area contributed by atoms with Gasteiger partial charge in [0.05, 0.1) is 5.54 Å². The smallest absolute Gasteiger partial charge is 0.122 e. The Morgan fingerprint density at radius 3 is 2.07 bits per heavy atom. The van der Waals surface area contributed by atoms with Crippen molar-refractivity contribution in [1.82, 2.24) is 4.57 Å². The van der Waals surface area contributed by atoms with E-state index >= 15 is 0 Å². The number of hydrogen-bond donors (Lipinski definition) is 0. The van der Waals surface area contributed by atoms with Crippen LogP contribution >= 0.6 is 0 Å². The minimum atomic E-state index is -0.0893. The van der Waals surface area contributed by atoms with Gasteiger partial charge in [-0.2, -0.15) is 0 Å². The van der Waals surface area contributed by atoms with Crippen LogP contribution in [0.2, 0.25) is 0 Å². The molecule has 0 atom stereocenters. The Morgan fingerprint density at radius 2 is 1.44 bits per heavy atom. The van der Waals surface area contributed by atoms with Crippen LogP contribution in [-0.4, -0.2) is 10.6 Å². The fourth-order valence-electron chi connectivity index (χ4n) is 4.48. The minimum absolute atomic E-state index is 0.0893. The molecule has 1 aliphatic heterocycles. The zero-order valence-corrected chi connectivity index (χ0v) is 17.3. The standard InChI is InChI=1S/C25H30N2/c1-17(2)20-16-26-24(23(20)19-12-8-7-9-13-19)27(18(3)4)22-15-11-10-14-21(22)25(26,5)6/h7-18H,1-6H3. The highest BCUT2D eigenvalue weighted by molar-refractivity contribution is 5.87. The van der Waals surface area contributed by atoms with Crippen LogP contribution in [0.4, 0.5) is 11.5 Å². The molecule has 140 valence electrons. The molecule has 0 aliphatic carbocycles. The third kappa shape index (κ3) is 2.62. The highest BCUT2D eigenvalue weighted by atomic mass is 15.3. The summed E-state index contributed by atoms with van der Waals surface area (Å²) in [5.41, 5.74) is 6.72. The van der Waals surface area contributed by atoms with Crippen molar-refractivity contribution in [2.75, 3.05) is 4.90 Å². The van der Waals surface area contributed by atoms with Crippen molar-refractivity contribution in [3.8, 4) is 11.1 Å². The van der Waals surface area contributed by atoms with E-state index in [2.05, 4.69) is 112 Å².